The molecule has 1 heterocycles. The zero-order valence-electron chi connectivity index (χ0n) is 12.8. The van der Waals surface area contributed by atoms with Gasteiger partial charge >= 0.3 is 5.97 Å². The van der Waals surface area contributed by atoms with Gasteiger partial charge in [0.25, 0.3) is 5.91 Å². The maximum Gasteiger partial charge on any atom is 0.325 e. The van der Waals surface area contributed by atoms with Gasteiger partial charge < -0.3 is 24.4 Å². The number of carboxylic acid groups (broad SMARTS) is 1. The molecule has 0 fully saturated rings. The molecule has 0 saturated heterocycles. The minimum atomic E-state index is -1.14. The molecule has 0 aliphatic heterocycles. The van der Waals surface area contributed by atoms with Crippen LogP contribution in [0.5, 0.6) is 11.5 Å². The van der Waals surface area contributed by atoms with Gasteiger partial charge in [-0.05, 0) is 25.1 Å². The summed E-state index contributed by atoms with van der Waals surface area (Å²) in [4.78, 5) is 22.7. The van der Waals surface area contributed by atoms with Gasteiger partial charge in [0.05, 0.1) is 19.8 Å². The third-order valence-corrected chi connectivity index (χ3v) is 3.13. The van der Waals surface area contributed by atoms with Crippen LogP contribution in [0.2, 0.25) is 0 Å². The number of ether oxygens (including phenoxy) is 2. The maximum absolute atomic E-state index is 11.9. The largest absolute Gasteiger partial charge is 0.497 e. The Morgan fingerprint density at radius 3 is 2.61 bits per heavy atom. The Labute approximate surface area is 132 Å². The molecule has 122 valence electrons. The van der Waals surface area contributed by atoms with E-state index in [9.17, 15) is 9.59 Å². The van der Waals surface area contributed by atoms with Crippen LogP contribution in [0, 0.1) is 0 Å². The second-order valence-corrected chi connectivity index (χ2v) is 4.68. The van der Waals surface area contributed by atoms with Gasteiger partial charge in [-0.1, -0.05) is 5.16 Å². The molecule has 0 aliphatic carbocycles. The van der Waals surface area contributed by atoms with Gasteiger partial charge in [0.15, 0.2) is 11.5 Å². The van der Waals surface area contributed by atoms with Crippen LogP contribution in [-0.4, -0.2) is 42.4 Å². The fourth-order valence-corrected chi connectivity index (χ4v) is 1.85. The fraction of sp³-hybridized carbons (Fsp3) is 0.267. The zero-order valence-corrected chi connectivity index (χ0v) is 12.8. The van der Waals surface area contributed by atoms with Crippen molar-refractivity contribution >= 4 is 11.9 Å². The first-order chi connectivity index (χ1) is 11.0. The van der Waals surface area contributed by atoms with Crippen molar-refractivity contribution in [2.45, 2.75) is 13.0 Å². The topological polar surface area (TPSA) is 111 Å². The monoisotopic (exact) mass is 320 g/mol. The van der Waals surface area contributed by atoms with Crippen LogP contribution in [0.4, 0.5) is 0 Å². The molecule has 23 heavy (non-hydrogen) atoms. The molecule has 1 aromatic carbocycles. The number of aromatic nitrogens is 1. The summed E-state index contributed by atoms with van der Waals surface area (Å²) in [5.41, 5.74) is 0.530. The first kappa shape index (κ1) is 16.3. The minimum absolute atomic E-state index is 0.0297. The summed E-state index contributed by atoms with van der Waals surface area (Å²) in [6.45, 7) is 1.35. The van der Waals surface area contributed by atoms with Gasteiger partial charge in [-0.3, -0.25) is 9.59 Å². The van der Waals surface area contributed by atoms with Crippen molar-refractivity contribution < 1.29 is 28.7 Å². The van der Waals surface area contributed by atoms with E-state index in [2.05, 4.69) is 10.5 Å². The molecule has 1 amide bonds. The van der Waals surface area contributed by atoms with E-state index in [1.807, 2.05) is 0 Å². The Kier molecular flexibility index (Phi) is 4.85. The number of hydrogen-bond donors (Lipinski definition) is 2. The van der Waals surface area contributed by atoms with Crippen molar-refractivity contribution in [3.05, 3.63) is 30.0 Å². The van der Waals surface area contributed by atoms with E-state index in [0.29, 0.717) is 22.8 Å². The summed E-state index contributed by atoms with van der Waals surface area (Å²) in [5.74, 6) is -0.377. The number of amides is 1. The highest BCUT2D eigenvalue weighted by molar-refractivity contribution is 5.95. The Balaban J connectivity index is 2.28. The van der Waals surface area contributed by atoms with Crippen molar-refractivity contribution in [2.24, 2.45) is 0 Å². The molecule has 0 aliphatic rings. The Morgan fingerprint density at radius 2 is 2.00 bits per heavy atom. The van der Waals surface area contributed by atoms with Crippen LogP contribution in [0.3, 0.4) is 0 Å². The van der Waals surface area contributed by atoms with Crippen LogP contribution >= 0.6 is 0 Å². The molecule has 0 saturated carbocycles. The third kappa shape index (κ3) is 3.60. The first-order valence-electron chi connectivity index (χ1n) is 6.69. The van der Waals surface area contributed by atoms with E-state index in [-0.39, 0.29) is 5.69 Å². The van der Waals surface area contributed by atoms with Crippen molar-refractivity contribution in [3.8, 4) is 22.8 Å². The first-order valence-corrected chi connectivity index (χ1v) is 6.69. The summed E-state index contributed by atoms with van der Waals surface area (Å²) in [7, 11) is 3.03. The number of nitrogens with zero attached hydrogens (tertiary/aromatic N) is 1. The lowest BCUT2D eigenvalue weighted by Crippen LogP contribution is -2.38. The Hall–Kier alpha value is -3.03. The standard InChI is InChI=1S/C15H16N2O6/c1-8(15(19)20)16-14(18)11-7-13(23-17-11)10-6-9(21-2)4-5-12(10)22-3/h4-8H,1-3H3,(H,16,18)(H,19,20). The highest BCUT2D eigenvalue weighted by atomic mass is 16.5. The summed E-state index contributed by atoms with van der Waals surface area (Å²) in [6.07, 6.45) is 0. The van der Waals surface area contributed by atoms with Gasteiger partial charge in [-0.15, -0.1) is 0 Å². The molecule has 1 unspecified atom stereocenters. The maximum atomic E-state index is 11.9. The molecule has 0 spiro atoms. The van der Waals surface area contributed by atoms with Gasteiger partial charge in [-0.25, -0.2) is 0 Å². The van der Waals surface area contributed by atoms with Crippen molar-refractivity contribution in [2.75, 3.05) is 14.2 Å². The normalized spacial score (nSPS) is 11.6. The molecule has 8 nitrogen and oxygen atoms in total. The summed E-state index contributed by atoms with van der Waals surface area (Å²) in [6, 6.07) is 5.47. The number of methoxy groups -OCH3 is 2. The summed E-state index contributed by atoms with van der Waals surface area (Å²) >= 11 is 0. The zero-order chi connectivity index (χ0) is 17.0. The number of carbonyl (C=O) groups excluding carboxylic acids is 1. The average Bonchev–Trinajstić information content (AvgIpc) is 3.03. The molecule has 8 heteroatoms. The van der Waals surface area contributed by atoms with E-state index in [1.165, 1.54) is 27.2 Å². The van der Waals surface area contributed by atoms with E-state index < -0.39 is 17.9 Å². The second kappa shape index (κ2) is 6.82. The SMILES string of the molecule is COc1ccc(OC)c(-c2cc(C(=O)NC(C)C(=O)O)no2)c1. The predicted octanol–water partition coefficient (Wildman–Crippen LogP) is 1.56. The molecular weight excluding hydrogens is 304 g/mol. The van der Waals surface area contributed by atoms with Crippen molar-refractivity contribution in [1.29, 1.82) is 0 Å². The molecule has 0 bridgehead atoms. The number of benzene rings is 1. The van der Waals surface area contributed by atoms with Crippen molar-refractivity contribution in [1.82, 2.24) is 10.5 Å². The number of nitrogens with one attached hydrogen (secondary N) is 1. The second-order valence-electron chi connectivity index (χ2n) is 4.68. The molecule has 1 aromatic heterocycles. The lowest BCUT2D eigenvalue weighted by Gasteiger charge is -2.07. The van der Waals surface area contributed by atoms with Crippen LogP contribution in [0.1, 0.15) is 17.4 Å². The fourth-order valence-electron chi connectivity index (χ4n) is 1.85. The van der Waals surface area contributed by atoms with Gasteiger partial charge in [0.2, 0.25) is 0 Å². The van der Waals surface area contributed by atoms with Crippen molar-refractivity contribution in [3.63, 3.8) is 0 Å². The Morgan fingerprint density at radius 1 is 1.26 bits per heavy atom. The lowest BCUT2D eigenvalue weighted by atomic mass is 10.1. The van der Waals surface area contributed by atoms with Gasteiger partial charge in [0.1, 0.15) is 17.5 Å². The van der Waals surface area contributed by atoms with Gasteiger partial charge in [-0.2, -0.15) is 0 Å². The highest BCUT2D eigenvalue weighted by Crippen LogP contribution is 2.33. The van der Waals surface area contributed by atoms with E-state index >= 15 is 0 Å². The Bertz CT molecular complexity index is 725. The molecular formula is C15H16N2O6. The quantitative estimate of drug-likeness (QED) is 0.830. The van der Waals surface area contributed by atoms with Gasteiger partial charge in [0, 0.05) is 6.07 Å². The number of carbonyl (C=O) groups is 2. The number of carboxylic acids is 1. The summed E-state index contributed by atoms with van der Waals surface area (Å²) < 4.78 is 15.6. The van der Waals surface area contributed by atoms with Crippen LogP contribution in [0.15, 0.2) is 28.8 Å². The van der Waals surface area contributed by atoms with E-state index in [0.717, 1.165) is 0 Å². The summed E-state index contributed by atoms with van der Waals surface area (Å²) in [5, 5.41) is 14.8. The molecule has 2 aromatic rings. The van der Waals surface area contributed by atoms with Crippen LogP contribution < -0.4 is 14.8 Å². The van der Waals surface area contributed by atoms with E-state index in [4.69, 9.17) is 19.1 Å². The smallest absolute Gasteiger partial charge is 0.325 e. The van der Waals surface area contributed by atoms with E-state index in [1.54, 1.807) is 18.2 Å². The number of rotatable bonds is 6. The average molecular weight is 320 g/mol. The molecule has 2 N–H and O–H groups in total. The minimum Gasteiger partial charge on any atom is -0.497 e. The molecule has 2 rings (SSSR count). The predicted molar refractivity (Wildman–Crippen MR) is 79.6 cm³/mol. The molecule has 1 atom stereocenters. The lowest BCUT2D eigenvalue weighted by molar-refractivity contribution is -0.138. The van der Waals surface area contributed by atoms with Crippen LogP contribution in [0.25, 0.3) is 11.3 Å². The molecule has 0 radical (unpaired) electrons. The number of aliphatic carboxylic acids is 1. The third-order valence-electron chi connectivity index (χ3n) is 3.13. The van der Waals surface area contributed by atoms with Crippen LogP contribution in [-0.2, 0) is 4.79 Å². The number of hydrogen-bond acceptors (Lipinski definition) is 6. The highest BCUT2D eigenvalue weighted by Gasteiger charge is 2.20.